The highest BCUT2D eigenvalue weighted by Crippen LogP contribution is 2.24. The van der Waals surface area contributed by atoms with E-state index >= 15 is 0 Å². The summed E-state index contributed by atoms with van der Waals surface area (Å²) < 4.78 is 11.4. The Morgan fingerprint density at radius 3 is 2.00 bits per heavy atom. The van der Waals surface area contributed by atoms with Gasteiger partial charge in [0.15, 0.2) is 8.17 Å². The van der Waals surface area contributed by atoms with E-state index in [4.69, 9.17) is 2.86 Å². The minimum absolute atomic E-state index is 2.93. The second kappa shape index (κ2) is 1.16. The Kier molecular flexibility index (Phi) is 0.568. The highest BCUT2D eigenvalue weighted by molar-refractivity contribution is 7.49. The zero-order valence-corrected chi connectivity index (χ0v) is 2.97. The molecule has 0 aliphatic carbocycles. The Morgan fingerprint density at radius 2 is 2.00 bits per heavy atom. The standard InChI is InChI=1S/H3O4P/c1-5(2,3)4/h(H3,1,2,3,4)/p-1/i/hD2. The summed E-state index contributed by atoms with van der Waals surface area (Å²) in [5.41, 5.74) is 0. The van der Waals surface area contributed by atoms with Gasteiger partial charge in [0, 0.05) is 0 Å². The van der Waals surface area contributed by atoms with Crippen molar-refractivity contribution in [2.45, 2.75) is 0 Å². The van der Waals surface area contributed by atoms with Gasteiger partial charge >= 0.3 is 0 Å². The van der Waals surface area contributed by atoms with Gasteiger partial charge in [0.2, 0.25) is 0 Å². The van der Waals surface area contributed by atoms with Gasteiger partial charge in [-0.2, -0.15) is 0 Å². The second-order valence-corrected chi connectivity index (χ2v) is 1.34. The Balaban J connectivity index is 3.36. The zero-order valence-electron chi connectivity index (χ0n) is 4.08. The average Bonchev–Trinajstić information content (AvgIpc) is 1.68. The van der Waals surface area contributed by atoms with Crippen LogP contribution in [0.5, 0.6) is 0 Å². The molecule has 0 atom stereocenters. The molecule has 0 rings (SSSR count). The first-order valence-electron chi connectivity index (χ1n) is 1.55. The second-order valence-electron chi connectivity index (χ2n) is 0.447. The van der Waals surface area contributed by atoms with Crippen LogP contribution in [0.4, 0.5) is 0 Å². The highest BCUT2D eigenvalue weighted by Gasteiger charge is 1.91. The predicted molar refractivity (Wildman–Crippen MR) is 11.4 cm³/mol. The summed E-state index contributed by atoms with van der Waals surface area (Å²) in [4.78, 5) is 25.0. The van der Waals surface area contributed by atoms with Crippen molar-refractivity contribution in [1.29, 1.82) is 2.86 Å². The number of phosphoric acid groups is 1. The van der Waals surface area contributed by atoms with Crippen LogP contribution in [-0.2, 0) is 0 Å². The Bertz CT molecular complexity index is 47.7. The van der Waals surface area contributed by atoms with Crippen molar-refractivity contribution in [1.82, 2.24) is 0 Å². The summed E-state index contributed by atoms with van der Waals surface area (Å²) in [5.74, 6) is 0. The molecule has 0 radical (unpaired) electrons. The minimum atomic E-state index is -4.57. The molecule has 0 saturated carbocycles. The molecule has 0 heterocycles. The Hall–Kier alpha value is 0.270. The van der Waals surface area contributed by atoms with E-state index in [0.717, 1.165) is 0 Å². The van der Waals surface area contributed by atoms with Gasteiger partial charge in [0.1, 0.15) is 0 Å². The van der Waals surface area contributed by atoms with E-state index in [2.05, 4.69) is 9.79 Å². The van der Waals surface area contributed by atoms with Gasteiger partial charge in [-0.25, -0.2) is 9.79 Å². The van der Waals surface area contributed by atoms with Gasteiger partial charge in [0.05, 0.1) is 0 Å². The monoisotopic (exact) mass is 99.0 g/mol. The number of rotatable bonds is 2. The maximum atomic E-state index is 9.58. The van der Waals surface area contributed by atoms with Gasteiger partial charge in [-0.3, -0.25) is 0 Å². The molecular formula is H2O4P-. The molecule has 5 heteroatoms. The molecular weight excluding hydrogens is 95.0 g/mol. The van der Waals surface area contributed by atoms with E-state index in [1.165, 1.54) is 0 Å². The average molecular weight is 99.0 g/mol. The Labute approximate surface area is 32.0 Å². The topological polar surface area (TPSA) is 86.6 Å². The molecule has 5 heavy (non-hydrogen) atoms. The van der Waals surface area contributed by atoms with Crippen LogP contribution in [0, 0.1) is 0 Å². The lowest BCUT2D eigenvalue weighted by Gasteiger charge is -2.16. The van der Waals surface area contributed by atoms with E-state index in [1.807, 2.05) is 0 Å². The highest BCUT2D eigenvalue weighted by atomic mass is 31.2. The molecule has 0 bridgehead atoms. The van der Waals surface area contributed by atoms with Gasteiger partial charge in [-0.15, -0.1) is 0 Å². The molecule has 0 spiro atoms. The van der Waals surface area contributed by atoms with Crippen molar-refractivity contribution < 1.29 is 19.6 Å². The van der Waals surface area contributed by atoms with Gasteiger partial charge in [0.25, 0.3) is 2.86 Å². The summed E-state index contributed by atoms with van der Waals surface area (Å²) >= 11 is 0. The van der Waals surface area contributed by atoms with Crippen LogP contribution in [0.15, 0.2) is 0 Å². The summed E-state index contributed by atoms with van der Waals surface area (Å²) in [5, 5.41) is 0. The van der Waals surface area contributed by atoms with Crippen LogP contribution in [0.25, 0.3) is 0 Å². The molecule has 0 aliphatic rings. The molecule has 0 unspecified atom stereocenters. The van der Waals surface area contributed by atoms with Crippen LogP contribution in [-0.4, -0.2) is 12.7 Å². The number of hydrogen-bond acceptors (Lipinski definition) is 4. The van der Waals surface area contributed by atoms with Crippen LogP contribution >= 0.6 is 8.17 Å². The first kappa shape index (κ1) is 2.44. The third-order valence-corrected chi connectivity index (χ3v) is 0. The van der Waals surface area contributed by atoms with Crippen molar-refractivity contribution in [2.24, 2.45) is 0 Å². The van der Waals surface area contributed by atoms with E-state index in [-0.39, 0.29) is 0 Å². The summed E-state index contributed by atoms with van der Waals surface area (Å²) in [6, 6.07) is 0. The lowest BCUT2D eigenvalue weighted by atomic mass is 15.7. The molecule has 0 aromatic carbocycles. The van der Waals surface area contributed by atoms with Gasteiger partial charge in [-0.05, 0) is 0 Å². The quantitative estimate of drug-likeness (QED) is 0.371. The third kappa shape index (κ3) is 302. The molecule has 0 aromatic rings. The first-order chi connectivity index (χ1) is 3.12. The van der Waals surface area contributed by atoms with Crippen LogP contribution in [0.3, 0.4) is 0 Å². The molecule has 0 aromatic heterocycles. The maximum absolute atomic E-state index is 9.58. The summed E-state index contributed by atoms with van der Waals surface area (Å²) in [6.07, 6.45) is 0. The fraction of sp³-hybridized carbons (Fsp3) is 0. The van der Waals surface area contributed by atoms with Crippen LogP contribution in [0.1, 0.15) is 0 Å². The van der Waals surface area contributed by atoms with E-state index in [1.54, 1.807) is 0 Å². The third-order valence-electron chi connectivity index (χ3n) is 0. The maximum Gasteiger partial charge on any atom is 0.270 e. The smallest absolute Gasteiger partial charge is 0.270 e. The largest absolute Gasteiger partial charge is 0.635 e. The molecule has 0 aliphatic heterocycles. The van der Waals surface area contributed by atoms with Crippen LogP contribution in [0.2, 0.25) is 0 Å². The van der Waals surface area contributed by atoms with E-state index in [0.29, 0.717) is 0 Å². The van der Waals surface area contributed by atoms with Crippen molar-refractivity contribution in [3.8, 4) is 0 Å². The zero-order chi connectivity index (χ0) is 5.91. The summed E-state index contributed by atoms with van der Waals surface area (Å²) in [7, 11) is -4.57. The van der Waals surface area contributed by atoms with Crippen LogP contribution < -0.4 is 9.79 Å². The molecule has 32 valence electrons. The SMILES string of the molecule is [2H]O[P+]([O-])([O-])O[2H]. The fourth-order valence-electron chi connectivity index (χ4n) is 0. The summed E-state index contributed by atoms with van der Waals surface area (Å²) in [6.45, 7) is 0. The van der Waals surface area contributed by atoms with Crippen molar-refractivity contribution in [2.75, 3.05) is 0 Å². The Morgan fingerprint density at radius 1 is 1.60 bits per heavy atom. The minimum Gasteiger partial charge on any atom is -0.635 e. The lowest BCUT2D eigenvalue weighted by molar-refractivity contribution is -0.356. The molecule has 4 nitrogen and oxygen atoms in total. The number of hydrogen-bond donors (Lipinski definition) is 2. The molecule has 0 amide bonds. The van der Waals surface area contributed by atoms with Gasteiger partial charge in [-0.1, -0.05) is 0 Å². The molecule has 0 saturated heterocycles. The lowest BCUT2D eigenvalue weighted by Crippen LogP contribution is -2.19. The first-order valence-corrected chi connectivity index (χ1v) is 2.19. The van der Waals surface area contributed by atoms with E-state index in [9.17, 15) is 9.79 Å². The normalized spacial score (nSPS) is 17.2. The fourth-order valence-corrected chi connectivity index (χ4v) is 0. The van der Waals surface area contributed by atoms with Gasteiger partial charge < -0.3 is 9.79 Å². The van der Waals surface area contributed by atoms with E-state index < -0.39 is 8.17 Å². The molecule has 2 N–H and O–H groups in total. The predicted octanol–water partition coefficient (Wildman–Crippen LogP) is -2.63. The molecule has 0 fully saturated rings. The van der Waals surface area contributed by atoms with Crippen molar-refractivity contribution in [3.63, 3.8) is 0 Å². The van der Waals surface area contributed by atoms with Crippen molar-refractivity contribution >= 4 is 8.17 Å². The van der Waals surface area contributed by atoms with Crippen molar-refractivity contribution in [3.05, 3.63) is 0 Å².